The number of hydrogen-bond acceptors (Lipinski definition) is 3. The van der Waals surface area contributed by atoms with Gasteiger partial charge in [0.15, 0.2) is 5.69 Å². The number of rotatable bonds is 2. The van der Waals surface area contributed by atoms with Gasteiger partial charge in [0.1, 0.15) is 0 Å². The fraction of sp³-hybridized carbons (Fsp3) is 0.231. The molecule has 0 spiro atoms. The monoisotopic (exact) mass is 419 g/mol. The molecular formula is C26H22BN3O2. The van der Waals surface area contributed by atoms with Crippen molar-refractivity contribution in [2.24, 2.45) is 0 Å². The molecule has 6 heteroatoms. The molecule has 0 radical (unpaired) electrons. The first-order valence-electron chi connectivity index (χ1n) is 10.6. The molecule has 3 aromatic carbocycles. The maximum Gasteiger partial charge on any atom is 0.494 e. The molecule has 0 amide bonds. The standard InChI is InChI=1S/C26H22BN3O2/c1-25(2)26(3,4)32-27(31-25)18-7-6-8-20(14-18)30-23-11-9-17(16-28)13-21(23)22-15-19(29-5)10-12-24(22)30/h6-15H,1-4H3. The Morgan fingerprint density at radius 2 is 1.56 bits per heavy atom. The summed E-state index contributed by atoms with van der Waals surface area (Å²) in [5, 5.41) is 11.3. The first kappa shape index (κ1) is 20.3. The van der Waals surface area contributed by atoms with Crippen LogP contribution < -0.4 is 5.46 Å². The summed E-state index contributed by atoms with van der Waals surface area (Å²) in [6, 6.07) is 21.7. The summed E-state index contributed by atoms with van der Waals surface area (Å²) in [5.74, 6) is 0. The van der Waals surface area contributed by atoms with E-state index < -0.39 is 18.3 Å². The largest absolute Gasteiger partial charge is 0.494 e. The van der Waals surface area contributed by atoms with Crippen LogP contribution in [-0.2, 0) is 9.31 Å². The molecule has 1 fully saturated rings. The van der Waals surface area contributed by atoms with Gasteiger partial charge in [-0.3, -0.25) is 0 Å². The van der Waals surface area contributed by atoms with Gasteiger partial charge in [0.25, 0.3) is 0 Å². The zero-order chi connectivity index (χ0) is 22.7. The lowest BCUT2D eigenvalue weighted by atomic mass is 9.79. The van der Waals surface area contributed by atoms with Crippen LogP contribution in [0.15, 0.2) is 60.7 Å². The molecule has 1 aliphatic heterocycles. The lowest BCUT2D eigenvalue weighted by molar-refractivity contribution is 0.00578. The van der Waals surface area contributed by atoms with Gasteiger partial charge in [0.2, 0.25) is 0 Å². The van der Waals surface area contributed by atoms with Gasteiger partial charge >= 0.3 is 7.12 Å². The molecule has 0 unspecified atom stereocenters. The average Bonchev–Trinajstić information content (AvgIpc) is 3.22. The second kappa shape index (κ2) is 6.97. The van der Waals surface area contributed by atoms with Crippen molar-refractivity contribution in [3.63, 3.8) is 0 Å². The maximum atomic E-state index is 9.40. The smallest absolute Gasteiger partial charge is 0.399 e. The van der Waals surface area contributed by atoms with E-state index in [0.717, 1.165) is 33.0 Å². The van der Waals surface area contributed by atoms with Crippen molar-refractivity contribution in [1.82, 2.24) is 4.57 Å². The Kier molecular flexibility index (Phi) is 4.43. The number of aromatic nitrogens is 1. The van der Waals surface area contributed by atoms with E-state index >= 15 is 0 Å². The number of hydrogen-bond donors (Lipinski definition) is 0. The third-order valence-corrected chi connectivity index (χ3v) is 6.66. The summed E-state index contributed by atoms with van der Waals surface area (Å²) in [6.07, 6.45) is 0. The Morgan fingerprint density at radius 1 is 0.906 bits per heavy atom. The number of fused-ring (bicyclic) bond motifs is 3. The van der Waals surface area contributed by atoms with E-state index in [0.29, 0.717) is 11.3 Å². The van der Waals surface area contributed by atoms with Gasteiger partial charge in [0.05, 0.1) is 40.4 Å². The van der Waals surface area contributed by atoms with Crippen LogP contribution in [0.4, 0.5) is 5.69 Å². The van der Waals surface area contributed by atoms with Crippen molar-refractivity contribution in [3.8, 4) is 11.8 Å². The highest BCUT2D eigenvalue weighted by Gasteiger charge is 2.51. The van der Waals surface area contributed by atoms with Gasteiger partial charge in [-0.15, -0.1) is 0 Å². The molecule has 5 rings (SSSR count). The minimum Gasteiger partial charge on any atom is -0.399 e. The summed E-state index contributed by atoms with van der Waals surface area (Å²) >= 11 is 0. The maximum absolute atomic E-state index is 9.40. The Bertz CT molecular complexity index is 1380. The van der Waals surface area contributed by atoms with Crippen LogP contribution in [0.5, 0.6) is 0 Å². The Hall–Kier alpha value is -3.58. The molecule has 1 aliphatic rings. The van der Waals surface area contributed by atoms with E-state index in [4.69, 9.17) is 15.9 Å². The third kappa shape index (κ3) is 3.00. The normalized spacial score (nSPS) is 16.9. The molecule has 0 N–H and O–H groups in total. The first-order valence-corrected chi connectivity index (χ1v) is 10.6. The fourth-order valence-electron chi connectivity index (χ4n) is 4.22. The Balaban J connectivity index is 1.71. The van der Waals surface area contributed by atoms with Gasteiger partial charge < -0.3 is 13.9 Å². The summed E-state index contributed by atoms with van der Waals surface area (Å²) in [7, 11) is -0.452. The quantitative estimate of drug-likeness (QED) is 0.318. The van der Waals surface area contributed by atoms with Gasteiger partial charge in [-0.25, -0.2) is 4.85 Å². The van der Waals surface area contributed by atoms with E-state index in [1.165, 1.54) is 0 Å². The van der Waals surface area contributed by atoms with E-state index in [-0.39, 0.29) is 0 Å². The fourth-order valence-corrected chi connectivity index (χ4v) is 4.22. The Labute approximate surface area is 187 Å². The lowest BCUT2D eigenvalue weighted by Crippen LogP contribution is -2.41. The predicted octanol–water partition coefficient (Wildman–Crippen LogP) is 5.51. The van der Waals surface area contributed by atoms with Crippen LogP contribution in [0.2, 0.25) is 0 Å². The van der Waals surface area contributed by atoms with Crippen LogP contribution in [0.1, 0.15) is 33.3 Å². The summed E-state index contributed by atoms with van der Waals surface area (Å²) in [5.41, 5.74) is 4.22. The molecule has 0 saturated carbocycles. The van der Waals surface area contributed by atoms with E-state index in [1.807, 2.05) is 76.2 Å². The molecule has 156 valence electrons. The minimum absolute atomic E-state index is 0.412. The number of nitriles is 1. The lowest BCUT2D eigenvalue weighted by Gasteiger charge is -2.32. The Morgan fingerprint density at radius 3 is 2.22 bits per heavy atom. The van der Waals surface area contributed by atoms with Crippen LogP contribution in [-0.4, -0.2) is 22.9 Å². The number of benzene rings is 3. The molecule has 0 atom stereocenters. The van der Waals surface area contributed by atoms with Crippen LogP contribution in [0, 0.1) is 17.9 Å². The van der Waals surface area contributed by atoms with Crippen molar-refractivity contribution in [2.45, 2.75) is 38.9 Å². The molecular weight excluding hydrogens is 397 g/mol. The molecule has 5 nitrogen and oxygen atoms in total. The zero-order valence-electron chi connectivity index (χ0n) is 18.5. The number of nitrogens with zero attached hydrogens (tertiary/aromatic N) is 3. The SMILES string of the molecule is [C-]#[N+]c1ccc2c(c1)c1cc(C#N)ccc1n2-c1cccc(B2OC(C)(C)C(C)(C)O2)c1. The summed E-state index contributed by atoms with van der Waals surface area (Å²) in [6.45, 7) is 15.6. The van der Waals surface area contributed by atoms with Gasteiger partial charge in [-0.05, 0) is 81.0 Å². The summed E-state index contributed by atoms with van der Waals surface area (Å²) < 4.78 is 14.7. The topological polar surface area (TPSA) is 51.5 Å². The third-order valence-electron chi connectivity index (χ3n) is 6.66. The molecule has 4 aromatic rings. The molecule has 2 heterocycles. The first-order chi connectivity index (χ1) is 15.2. The van der Waals surface area contributed by atoms with Crippen molar-refractivity contribution in [1.29, 1.82) is 5.26 Å². The highest BCUT2D eigenvalue weighted by atomic mass is 16.7. The molecule has 0 aliphatic carbocycles. The van der Waals surface area contributed by atoms with Crippen LogP contribution in [0.3, 0.4) is 0 Å². The second-order valence-electron chi connectivity index (χ2n) is 9.18. The minimum atomic E-state index is -0.452. The van der Waals surface area contributed by atoms with Gasteiger partial charge in [-0.1, -0.05) is 18.2 Å². The van der Waals surface area contributed by atoms with Crippen LogP contribution >= 0.6 is 0 Å². The van der Waals surface area contributed by atoms with Crippen molar-refractivity contribution >= 4 is 40.1 Å². The predicted molar refractivity (Wildman–Crippen MR) is 127 cm³/mol. The zero-order valence-corrected chi connectivity index (χ0v) is 18.5. The van der Waals surface area contributed by atoms with E-state index in [9.17, 15) is 5.26 Å². The van der Waals surface area contributed by atoms with E-state index in [1.54, 1.807) is 0 Å². The molecule has 1 aromatic heterocycles. The molecule has 0 bridgehead atoms. The van der Waals surface area contributed by atoms with Crippen molar-refractivity contribution < 1.29 is 9.31 Å². The average molecular weight is 419 g/mol. The van der Waals surface area contributed by atoms with Crippen LogP contribution in [0.25, 0.3) is 32.3 Å². The van der Waals surface area contributed by atoms with Gasteiger partial charge in [0, 0.05) is 11.1 Å². The van der Waals surface area contributed by atoms with E-state index in [2.05, 4.69) is 27.6 Å². The highest BCUT2D eigenvalue weighted by Crippen LogP contribution is 2.37. The van der Waals surface area contributed by atoms with Crippen molar-refractivity contribution in [3.05, 3.63) is 77.6 Å². The summed E-state index contributed by atoms with van der Waals surface area (Å²) in [4.78, 5) is 3.59. The second-order valence-corrected chi connectivity index (χ2v) is 9.18. The highest BCUT2D eigenvalue weighted by molar-refractivity contribution is 6.62. The molecule has 32 heavy (non-hydrogen) atoms. The van der Waals surface area contributed by atoms with Gasteiger partial charge in [-0.2, -0.15) is 5.26 Å². The molecule has 1 saturated heterocycles. The van der Waals surface area contributed by atoms with Crippen molar-refractivity contribution in [2.75, 3.05) is 0 Å².